The molecule has 0 bridgehead atoms. The Bertz CT molecular complexity index is 1230. The molecule has 210 valence electrons. The van der Waals surface area contributed by atoms with Gasteiger partial charge in [-0.05, 0) is 63.6 Å². The molecule has 2 atom stereocenters. The van der Waals surface area contributed by atoms with Crippen molar-refractivity contribution in [3.05, 3.63) is 66.0 Å². The average molecular weight is 535 g/mol. The second kappa shape index (κ2) is 13.2. The molecule has 0 spiro atoms. The van der Waals surface area contributed by atoms with Crippen LogP contribution < -0.4 is 10.8 Å². The van der Waals surface area contributed by atoms with E-state index in [0.717, 1.165) is 48.1 Å². The van der Waals surface area contributed by atoms with E-state index in [-0.39, 0.29) is 24.4 Å². The summed E-state index contributed by atoms with van der Waals surface area (Å²) in [5, 5.41) is 3.41. The lowest BCUT2D eigenvalue weighted by Crippen LogP contribution is -2.55. The number of hydrogen-bond acceptors (Lipinski definition) is 6. The molecule has 1 aliphatic rings. The summed E-state index contributed by atoms with van der Waals surface area (Å²) in [5.41, 5.74) is 4.93. The quantitative estimate of drug-likeness (QED) is 0.266. The van der Waals surface area contributed by atoms with E-state index in [1.807, 2.05) is 82.4 Å². The number of carbonyl (C=O) groups excluding carboxylic acids is 2. The normalized spacial score (nSPS) is 16.1. The van der Waals surface area contributed by atoms with E-state index in [9.17, 15) is 9.59 Å². The Hall–Kier alpha value is -3.23. The van der Waals surface area contributed by atoms with Gasteiger partial charge in [0.05, 0.1) is 23.7 Å². The van der Waals surface area contributed by atoms with Gasteiger partial charge < -0.3 is 9.30 Å². The Morgan fingerprint density at radius 3 is 2.41 bits per heavy atom. The van der Waals surface area contributed by atoms with Gasteiger partial charge >= 0.3 is 5.97 Å². The predicted molar refractivity (Wildman–Crippen MR) is 152 cm³/mol. The molecule has 0 saturated heterocycles. The maximum absolute atomic E-state index is 13.5. The standard InChI is InChI=1S/C31H42N4O4/c1-31(2,3)39-30(37)28(23-15-9-6-10-16-23)33-25(29(36)34-38-21-22-13-7-5-8-14-22)19-20-27-32-24-17-11-12-18-26(24)35(27)4/h5,7-8,11-14,17-18,23,25,28,33H,6,9-10,15-16,19-21H2,1-4H3,(H,34,36)/t25?,28-/m0/s1. The van der Waals surface area contributed by atoms with Crippen LogP contribution in [0, 0.1) is 5.92 Å². The minimum Gasteiger partial charge on any atom is -0.459 e. The van der Waals surface area contributed by atoms with Crippen LogP contribution in [0.5, 0.6) is 0 Å². The topological polar surface area (TPSA) is 94.5 Å². The number of hydrogen-bond donors (Lipinski definition) is 2. The highest BCUT2D eigenvalue weighted by Gasteiger charge is 2.36. The van der Waals surface area contributed by atoms with Gasteiger partial charge in [-0.1, -0.05) is 61.7 Å². The minimum absolute atomic E-state index is 0.116. The van der Waals surface area contributed by atoms with Gasteiger partial charge in [0.2, 0.25) is 0 Å². The van der Waals surface area contributed by atoms with Gasteiger partial charge in [0.1, 0.15) is 17.5 Å². The first-order valence-corrected chi connectivity index (χ1v) is 14.1. The van der Waals surface area contributed by atoms with E-state index >= 15 is 0 Å². The van der Waals surface area contributed by atoms with Crippen molar-refractivity contribution in [2.24, 2.45) is 13.0 Å². The fourth-order valence-electron chi connectivity index (χ4n) is 5.26. The third-order valence-corrected chi connectivity index (χ3v) is 7.27. The molecule has 1 fully saturated rings. The second-order valence-corrected chi connectivity index (χ2v) is 11.5. The predicted octanol–water partition coefficient (Wildman–Crippen LogP) is 5.00. The van der Waals surface area contributed by atoms with Crippen molar-refractivity contribution in [1.82, 2.24) is 20.3 Å². The molecular weight excluding hydrogens is 492 g/mol. The number of imidazole rings is 1. The largest absolute Gasteiger partial charge is 0.459 e. The number of nitrogens with zero attached hydrogens (tertiary/aromatic N) is 2. The number of aryl methyl sites for hydroxylation is 2. The average Bonchev–Trinajstić information content (AvgIpc) is 3.24. The molecule has 2 N–H and O–H groups in total. The summed E-state index contributed by atoms with van der Waals surface area (Å²) in [6, 6.07) is 16.4. The van der Waals surface area contributed by atoms with Gasteiger partial charge in [0.15, 0.2) is 0 Å². The van der Waals surface area contributed by atoms with Gasteiger partial charge in [0, 0.05) is 13.5 Å². The molecule has 1 heterocycles. The number of para-hydroxylation sites is 2. The highest BCUT2D eigenvalue weighted by atomic mass is 16.7. The number of rotatable bonds is 11. The molecule has 3 aromatic rings. The zero-order valence-corrected chi connectivity index (χ0v) is 23.6. The molecule has 1 aliphatic carbocycles. The number of nitrogens with one attached hydrogen (secondary N) is 2. The summed E-state index contributed by atoms with van der Waals surface area (Å²) in [6.45, 7) is 5.87. The number of carbonyl (C=O) groups is 2. The van der Waals surface area contributed by atoms with Gasteiger partial charge in [-0.3, -0.25) is 19.7 Å². The molecule has 8 nitrogen and oxygen atoms in total. The van der Waals surface area contributed by atoms with Gasteiger partial charge in [0.25, 0.3) is 5.91 Å². The molecule has 0 radical (unpaired) electrons. The van der Waals surface area contributed by atoms with Crippen LogP contribution in [0.1, 0.15) is 70.7 Å². The number of aromatic nitrogens is 2. The molecule has 1 amide bonds. The number of esters is 1. The van der Waals surface area contributed by atoms with Crippen molar-refractivity contribution >= 4 is 22.9 Å². The van der Waals surface area contributed by atoms with Crippen molar-refractivity contribution in [1.29, 1.82) is 0 Å². The smallest absolute Gasteiger partial charge is 0.323 e. The lowest BCUT2D eigenvalue weighted by molar-refractivity contribution is -0.160. The molecule has 2 aromatic carbocycles. The number of amides is 1. The Balaban J connectivity index is 1.51. The minimum atomic E-state index is -0.667. The maximum Gasteiger partial charge on any atom is 0.323 e. The SMILES string of the molecule is Cn1c(CCC(N[C@H](C(=O)OC(C)(C)C)C2CCCCC2)C(=O)NOCc2ccccc2)nc2ccccc21. The molecule has 39 heavy (non-hydrogen) atoms. The van der Waals surface area contributed by atoms with E-state index in [0.29, 0.717) is 12.8 Å². The van der Waals surface area contributed by atoms with Crippen molar-refractivity contribution in [3.8, 4) is 0 Å². The Morgan fingerprint density at radius 1 is 1.03 bits per heavy atom. The van der Waals surface area contributed by atoms with Gasteiger partial charge in [-0.2, -0.15) is 0 Å². The Kier molecular flexibility index (Phi) is 9.75. The lowest BCUT2D eigenvalue weighted by Gasteiger charge is -2.34. The molecule has 0 aliphatic heterocycles. The first kappa shape index (κ1) is 28.8. The van der Waals surface area contributed by atoms with Gasteiger partial charge in [-0.25, -0.2) is 10.5 Å². The van der Waals surface area contributed by atoms with E-state index < -0.39 is 17.7 Å². The summed E-state index contributed by atoms with van der Waals surface area (Å²) >= 11 is 0. The molecular formula is C31H42N4O4. The van der Waals surface area contributed by atoms with Crippen molar-refractivity contribution in [2.45, 2.75) is 90.0 Å². The zero-order chi connectivity index (χ0) is 27.8. The summed E-state index contributed by atoms with van der Waals surface area (Å²) in [7, 11) is 1.99. The summed E-state index contributed by atoms with van der Waals surface area (Å²) in [6.07, 6.45) is 6.18. The van der Waals surface area contributed by atoms with Crippen LogP contribution in [-0.4, -0.2) is 39.1 Å². The second-order valence-electron chi connectivity index (χ2n) is 11.5. The fourth-order valence-corrected chi connectivity index (χ4v) is 5.26. The monoisotopic (exact) mass is 534 g/mol. The van der Waals surface area contributed by atoms with Crippen LogP contribution >= 0.6 is 0 Å². The number of fused-ring (bicyclic) bond motifs is 1. The Morgan fingerprint density at radius 2 is 1.72 bits per heavy atom. The molecule has 4 rings (SSSR count). The summed E-state index contributed by atoms with van der Waals surface area (Å²) in [5.74, 6) is 0.381. The first-order chi connectivity index (χ1) is 18.7. The van der Waals surface area contributed by atoms with E-state index in [2.05, 4.69) is 15.4 Å². The van der Waals surface area contributed by atoms with Crippen molar-refractivity contribution < 1.29 is 19.2 Å². The molecule has 1 saturated carbocycles. The van der Waals surface area contributed by atoms with E-state index in [1.165, 1.54) is 6.42 Å². The summed E-state index contributed by atoms with van der Waals surface area (Å²) < 4.78 is 7.87. The zero-order valence-electron chi connectivity index (χ0n) is 23.6. The van der Waals surface area contributed by atoms with Crippen LogP contribution in [-0.2, 0) is 39.2 Å². The highest BCUT2D eigenvalue weighted by Crippen LogP contribution is 2.28. The first-order valence-electron chi connectivity index (χ1n) is 14.1. The third kappa shape index (κ3) is 8.13. The number of hydroxylamine groups is 1. The summed E-state index contributed by atoms with van der Waals surface area (Å²) in [4.78, 5) is 37.2. The van der Waals surface area contributed by atoms with Crippen LogP contribution in [0.2, 0.25) is 0 Å². The molecule has 1 unspecified atom stereocenters. The van der Waals surface area contributed by atoms with Crippen LogP contribution in [0.15, 0.2) is 54.6 Å². The van der Waals surface area contributed by atoms with E-state index in [1.54, 1.807) is 0 Å². The van der Waals surface area contributed by atoms with E-state index in [4.69, 9.17) is 14.6 Å². The fraction of sp³-hybridized carbons (Fsp3) is 0.516. The molecule has 8 heteroatoms. The van der Waals surface area contributed by atoms with Crippen molar-refractivity contribution in [3.63, 3.8) is 0 Å². The number of benzene rings is 2. The highest BCUT2D eigenvalue weighted by molar-refractivity contribution is 5.83. The molecule has 1 aromatic heterocycles. The van der Waals surface area contributed by atoms with Crippen LogP contribution in [0.25, 0.3) is 11.0 Å². The lowest BCUT2D eigenvalue weighted by atomic mass is 9.83. The van der Waals surface area contributed by atoms with Crippen molar-refractivity contribution in [2.75, 3.05) is 0 Å². The van der Waals surface area contributed by atoms with Gasteiger partial charge in [-0.15, -0.1) is 0 Å². The Labute approximate surface area is 231 Å². The van der Waals surface area contributed by atoms with Crippen LogP contribution in [0.4, 0.5) is 0 Å². The third-order valence-electron chi connectivity index (χ3n) is 7.27. The van der Waals surface area contributed by atoms with Crippen LogP contribution in [0.3, 0.4) is 0 Å². The number of ether oxygens (including phenoxy) is 1. The maximum atomic E-state index is 13.5.